The van der Waals surface area contributed by atoms with Crippen molar-refractivity contribution in [2.24, 2.45) is 5.73 Å². The first-order chi connectivity index (χ1) is 12.2. The second-order valence-electron chi connectivity index (χ2n) is 5.85. The first kappa shape index (κ1) is 17.4. The van der Waals surface area contributed by atoms with Crippen LogP contribution in [0.2, 0.25) is 0 Å². The largest absolute Gasteiger partial charge is 0.497 e. The normalized spacial score (nSPS) is 17.2. The summed E-state index contributed by atoms with van der Waals surface area (Å²) < 4.78 is 21.7. The molecule has 0 aromatic heterocycles. The molecule has 0 saturated carbocycles. The minimum atomic E-state index is -0.345. The quantitative estimate of drug-likeness (QED) is 0.785. The van der Waals surface area contributed by atoms with E-state index in [0.717, 1.165) is 29.0 Å². The molecule has 3 N–H and O–H groups in total. The third kappa shape index (κ3) is 3.65. The van der Waals surface area contributed by atoms with Crippen LogP contribution in [0.25, 0.3) is 0 Å². The van der Waals surface area contributed by atoms with Crippen LogP contribution < -0.4 is 30.0 Å². The first-order valence-corrected chi connectivity index (χ1v) is 8.20. The van der Waals surface area contributed by atoms with Crippen molar-refractivity contribution in [1.82, 2.24) is 5.32 Å². The molecule has 1 aliphatic rings. The fraction of sp³-hybridized carbons (Fsp3) is 0.368. The highest BCUT2D eigenvalue weighted by Gasteiger charge is 2.24. The Bertz CT molecular complexity index is 735. The van der Waals surface area contributed by atoms with Crippen LogP contribution in [0.1, 0.15) is 29.8 Å². The maximum atomic E-state index is 6.39. The summed E-state index contributed by atoms with van der Waals surface area (Å²) in [5, 5.41) is 3.48. The smallest absolute Gasteiger partial charge is 0.161 e. The number of ether oxygens (including phenoxy) is 4. The maximum absolute atomic E-state index is 6.39. The molecule has 0 spiro atoms. The molecular formula is C19H24N2O4. The number of fused-ring (bicyclic) bond motifs is 1. The second-order valence-corrected chi connectivity index (χ2v) is 5.85. The lowest BCUT2D eigenvalue weighted by Gasteiger charge is -2.30. The van der Waals surface area contributed by atoms with E-state index < -0.39 is 0 Å². The predicted octanol–water partition coefficient (Wildman–Crippen LogP) is 2.78. The molecule has 2 aromatic carbocycles. The van der Waals surface area contributed by atoms with Gasteiger partial charge in [-0.05, 0) is 35.9 Å². The fourth-order valence-electron chi connectivity index (χ4n) is 3.03. The van der Waals surface area contributed by atoms with E-state index in [1.54, 1.807) is 21.3 Å². The Hall–Kier alpha value is -2.44. The lowest BCUT2D eigenvalue weighted by atomic mass is 9.99. The lowest BCUT2D eigenvalue weighted by molar-refractivity contribution is 0.243. The number of nitrogens with one attached hydrogen (secondary N) is 1. The molecule has 0 amide bonds. The first-order valence-electron chi connectivity index (χ1n) is 8.20. The Kier molecular flexibility index (Phi) is 5.31. The van der Waals surface area contributed by atoms with E-state index in [2.05, 4.69) is 5.32 Å². The zero-order chi connectivity index (χ0) is 17.8. The van der Waals surface area contributed by atoms with Gasteiger partial charge < -0.3 is 24.7 Å². The highest BCUT2D eigenvalue weighted by molar-refractivity contribution is 5.45. The van der Waals surface area contributed by atoms with Gasteiger partial charge >= 0.3 is 0 Å². The van der Waals surface area contributed by atoms with Crippen molar-refractivity contribution in [3.05, 3.63) is 47.5 Å². The zero-order valence-electron chi connectivity index (χ0n) is 14.7. The molecule has 1 heterocycles. The van der Waals surface area contributed by atoms with Crippen LogP contribution in [-0.4, -0.2) is 27.9 Å². The SMILES string of the molecule is COc1ccc2c(c1)C(NC(N)c1ccc(OC)c(OC)c1)CCO2. The van der Waals surface area contributed by atoms with E-state index in [4.69, 9.17) is 24.7 Å². The summed E-state index contributed by atoms with van der Waals surface area (Å²) in [7, 11) is 4.88. The summed E-state index contributed by atoms with van der Waals surface area (Å²) in [6.45, 7) is 0.648. The Labute approximate surface area is 147 Å². The van der Waals surface area contributed by atoms with Crippen molar-refractivity contribution >= 4 is 0 Å². The van der Waals surface area contributed by atoms with Gasteiger partial charge in [0.15, 0.2) is 11.5 Å². The van der Waals surface area contributed by atoms with Crippen LogP contribution in [0.5, 0.6) is 23.0 Å². The van der Waals surface area contributed by atoms with E-state index in [-0.39, 0.29) is 12.2 Å². The van der Waals surface area contributed by atoms with Crippen molar-refractivity contribution in [1.29, 1.82) is 0 Å². The van der Waals surface area contributed by atoms with E-state index in [9.17, 15) is 0 Å². The van der Waals surface area contributed by atoms with Crippen LogP contribution in [-0.2, 0) is 0 Å². The van der Waals surface area contributed by atoms with Gasteiger partial charge in [0.05, 0.1) is 34.1 Å². The average Bonchev–Trinajstić information content (AvgIpc) is 2.67. The van der Waals surface area contributed by atoms with Crippen molar-refractivity contribution in [2.75, 3.05) is 27.9 Å². The van der Waals surface area contributed by atoms with E-state index >= 15 is 0 Å². The van der Waals surface area contributed by atoms with Gasteiger partial charge in [-0.15, -0.1) is 0 Å². The molecule has 6 heteroatoms. The molecule has 2 aromatic rings. The summed E-state index contributed by atoms with van der Waals surface area (Å²) in [5.41, 5.74) is 8.37. The summed E-state index contributed by atoms with van der Waals surface area (Å²) >= 11 is 0. The van der Waals surface area contributed by atoms with E-state index in [1.807, 2.05) is 36.4 Å². The van der Waals surface area contributed by atoms with Gasteiger partial charge in [0.25, 0.3) is 0 Å². The summed E-state index contributed by atoms with van der Waals surface area (Å²) in [4.78, 5) is 0. The molecule has 0 aliphatic carbocycles. The molecule has 0 saturated heterocycles. The Morgan fingerprint density at radius 1 is 1.04 bits per heavy atom. The molecular weight excluding hydrogens is 320 g/mol. The van der Waals surface area contributed by atoms with Crippen LogP contribution in [0.3, 0.4) is 0 Å². The van der Waals surface area contributed by atoms with Crippen LogP contribution in [0, 0.1) is 0 Å². The van der Waals surface area contributed by atoms with Gasteiger partial charge in [0.2, 0.25) is 0 Å². The van der Waals surface area contributed by atoms with Gasteiger partial charge in [-0.2, -0.15) is 0 Å². The Morgan fingerprint density at radius 3 is 2.56 bits per heavy atom. The summed E-state index contributed by atoms with van der Waals surface area (Å²) in [6, 6.07) is 11.6. The molecule has 3 rings (SSSR count). The molecule has 134 valence electrons. The maximum Gasteiger partial charge on any atom is 0.161 e. The number of nitrogens with two attached hydrogens (primary N) is 1. The molecule has 6 nitrogen and oxygen atoms in total. The molecule has 0 bridgehead atoms. The molecule has 25 heavy (non-hydrogen) atoms. The standard InChI is InChI=1S/C19H24N2O4/c1-22-13-5-7-16-14(11-13)15(8-9-25-16)21-19(20)12-4-6-17(23-2)18(10-12)24-3/h4-7,10-11,15,19,21H,8-9,20H2,1-3H3. The zero-order valence-corrected chi connectivity index (χ0v) is 14.7. The molecule has 0 radical (unpaired) electrons. The van der Waals surface area contributed by atoms with Gasteiger partial charge in [0.1, 0.15) is 11.5 Å². The molecule has 2 atom stereocenters. The number of rotatable bonds is 6. The van der Waals surface area contributed by atoms with Gasteiger partial charge in [-0.25, -0.2) is 0 Å². The van der Waals surface area contributed by atoms with Crippen molar-refractivity contribution in [3.63, 3.8) is 0 Å². The fourth-order valence-corrected chi connectivity index (χ4v) is 3.03. The van der Waals surface area contributed by atoms with Gasteiger partial charge in [-0.3, -0.25) is 5.32 Å². The third-order valence-electron chi connectivity index (χ3n) is 4.40. The molecule has 2 unspecified atom stereocenters. The minimum Gasteiger partial charge on any atom is -0.497 e. The number of hydrogen-bond donors (Lipinski definition) is 2. The predicted molar refractivity (Wildman–Crippen MR) is 95.5 cm³/mol. The third-order valence-corrected chi connectivity index (χ3v) is 4.40. The van der Waals surface area contributed by atoms with Crippen molar-refractivity contribution < 1.29 is 18.9 Å². The highest BCUT2D eigenvalue weighted by atomic mass is 16.5. The lowest BCUT2D eigenvalue weighted by Crippen LogP contribution is -2.35. The van der Waals surface area contributed by atoms with Crippen molar-refractivity contribution in [3.8, 4) is 23.0 Å². The van der Waals surface area contributed by atoms with Crippen molar-refractivity contribution in [2.45, 2.75) is 18.6 Å². The average molecular weight is 344 g/mol. The number of hydrogen-bond acceptors (Lipinski definition) is 6. The monoisotopic (exact) mass is 344 g/mol. The van der Waals surface area contributed by atoms with Gasteiger partial charge in [-0.1, -0.05) is 6.07 Å². The van der Waals surface area contributed by atoms with Crippen LogP contribution in [0.15, 0.2) is 36.4 Å². The summed E-state index contributed by atoms with van der Waals surface area (Å²) in [5.74, 6) is 3.01. The minimum absolute atomic E-state index is 0.0851. The molecule has 1 aliphatic heterocycles. The Balaban J connectivity index is 1.81. The van der Waals surface area contributed by atoms with Crippen LogP contribution >= 0.6 is 0 Å². The highest BCUT2D eigenvalue weighted by Crippen LogP contribution is 2.36. The number of benzene rings is 2. The number of methoxy groups -OCH3 is 3. The molecule has 0 fully saturated rings. The van der Waals surface area contributed by atoms with Crippen LogP contribution in [0.4, 0.5) is 0 Å². The van der Waals surface area contributed by atoms with E-state index in [1.165, 1.54) is 0 Å². The van der Waals surface area contributed by atoms with Gasteiger partial charge in [0, 0.05) is 18.0 Å². The second kappa shape index (κ2) is 7.63. The Morgan fingerprint density at radius 2 is 1.84 bits per heavy atom. The topological polar surface area (TPSA) is 75.0 Å². The van der Waals surface area contributed by atoms with E-state index in [0.29, 0.717) is 18.1 Å². The summed E-state index contributed by atoms with van der Waals surface area (Å²) in [6.07, 6.45) is 0.489.